The molecule has 3 aliphatic rings. The van der Waals surface area contributed by atoms with Crippen molar-refractivity contribution in [3.05, 3.63) is 52.5 Å². The molecule has 0 N–H and O–H groups in total. The highest BCUT2D eigenvalue weighted by atomic mass is 79.9. The van der Waals surface area contributed by atoms with Crippen LogP contribution in [0.25, 0.3) is 0 Å². The van der Waals surface area contributed by atoms with Crippen molar-refractivity contribution in [1.82, 2.24) is 14.7 Å². The second-order valence-electron chi connectivity index (χ2n) is 14.3. The number of piperidine rings is 1. The van der Waals surface area contributed by atoms with Crippen molar-refractivity contribution in [2.75, 3.05) is 51.3 Å². The third-order valence-corrected chi connectivity index (χ3v) is 9.55. The normalized spacial score (nSPS) is 18.9. The van der Waals surface area contributed by atoms with E-state index in [0.29, 0.717) is 51.1 Å². The summed E-state index contributed by atoms with van der Waals surface area (Å²) in [5, 5.41) is 0. The minimum atomic E-state index is -1.10. The fourth-order valence-electron chi connectivity index (χ4n) is 6.30. The molecule has 1 atom stereocenters. The second kappa shape index (κ2) is 14.3. The molecule has 256 valence electrons. The van der Waals surface area contributed by atoms with Crippen LogP contribution in [0.5, 0.6) is 11.5 Å². The number of nitrogens with zero attached hydrogens (tertiary/aromatic N) is 4. The molecule has 2 aliphatic heterocycles. The molecule has 3 amide bonds. The molecule has 2 saturated heterocycles. The highest BCUT2D eigenvalue weighted by Gasteiger charge is 2.39. The van der Waals surface area contributed by atoms with E-state index in [1.807, 2.05) is 63.2 Å². The zero-order valence-corrected chi connectivity index (χ0v) is 30.2. The fourth-order valence-corrected chi connectivity index (χ4v) is 6.71. The van der Waals surface area contributed by atoms with Crippen LogP contribution < -0.4 is 14.4 Å². The summed E-state index contributed by atoms with van der Waals surface area (Å²) in [7, 11) is 1.65. The Morgan fingerprint density at radius 1 is 0.915 bits per heavy atom. The Kier molecular flexibility index (Phi) is 10.6. The lowest BCUT2D eigenvalue weighted by Gasteiger charge is -2.39. The second-order valence-corrected chi connectivity index (χ2v) is 15.2. The summed E-state index contributed by atoms with van der Waals surface area (Å²) in [6.45, 7) is 12.8. The van der Waals surface area contributed by atoms with E-state index in [-0.39, 0.29) is 23.8 Å². The molecule has 47 heavy (non-hydrogen) atoms. The molecule has 11 heteroatoms. The molecule has 0 spiro atoms. The molecule has 0 radical (unpaired) electrons. The van der Waals surface area contributed by atoms with Gasteiger partial charge in [-0.25, -0.2) is 4.79 Å². The van der Waals surface area contributed by atoms with Crippen LogP contribution in [0.3, 0.4) is 0 Å². The molecule has 10 nitrogen and oxygen atoms in total. The predicted molar refractivity (Wildman–Crippen MR) is 185 cm³/mol. The average molecular weight is 714 g/mol. The summed E-state index contributed by atoms with van der Waals surface area (Å²) in [5.41, 5.74) is 0.369. The van der Waals surface area contributed by atoms with Crippen molar-refractivity contribution >= 4 is 39.5 Å². The van der Waals surface area contributed by atoms with Gasteiger partial charge in [-0.2, -0.15) is 0 Å². The van der Waals surface area contributed by atoms with E-state index in [0.717, 1.165) is 53.7 Å². The van der Waals surface area contributed by atoms with Gasteiger partial charge in [-0.05, 0) is 106 Å². The zero-order valence-electron chi connectivity index (χ0n) is 28.6. The van der Waals surface area contributed by atoms with E-state index in [9.17, 15) is 14.4 Å². The fraction of sp³-hybridized carbons (Fsp3) is 0.583. The van der Waals surface area contributed by atoms with Crippen molar-refractivity contribution in [3.8, 4) is 11.5 Å². The Bertz CT molecular complexity index is 1450. The molecule has 0 aromatic heterocycles. The quantitative estimate of drug-likeness (QED) is 0.310. The van der Waals surface area contributed by atoms with Gasteiger partial charge in [0.1, 0.15) is 17.1 Å². The standard InChI is InChI=1S/C36H49BrN4O6/c1-35(2,3)47-34(44)39-19-17-38(18-20-39)33(43)36(4,5)46-29-11-7-10-28(22-29)40-16-8-9-26(24-40)32(42)41(27-13-14-27)23-25-12-15-30(37)31(21-25)45-6/h7,10-12,15,21-22,26-27H,8-9,13-14,16-20,23-24H2,1-6H3/t26-/m1/s1. The maximum absolute atomic E-state index is 13.9. The first-order chi connectivity index (χ1) is 22.2. The van der Waals surface area contributed by atoms with Crippen LogP contribution in [0.2, 0.25) is 0 Å². The average Bonchev–Trinajstić information content (AvgIpc) is 3.88. The first-order valence-electron chi connectivity index (χ1n) is 16.7. The minimum Gasteiger partial charge on any atom is -0.496 e. The van der Waals surface area contributed by atoms with Crippen molar-refractivity contribution in [2.45, 2.75) is 84.1 Å². The van der Waals surface area contributed by atoms with Crippen LogP contribution in [-0.4, -0.2) is 96.2 Å². The third-order valence-electron chi connectivity index (χ3n) is 8.90. The molecule has 2 aromatic rings. The molecular weight excluding hydrogens is 664 g/mol. The SMILES string of the molecule is COc1cc(CN(C(=O)[C@@H]2CCCN(c3cccc(OC(C)(C)C(=O)N4CCN(C(=O)OC(C)(C)C)CC4)c3)C2)C2CC2)ccc1Br. The van der Waals surface area contributed by atoms with Gasteiger partial charge in [0.05, 0.1) is 17.5 Å². The van der Waals surface area contributed by atoms with Crippen LogP contribution in [0, 0.1) is 5.92 Å². The van der Waals surface area contributed by atoms with Crippen LogP contribution in [0.15, 0.2) is 46.9 Å². The Morgan fingerprint density at radius 3 is 2.28 bits per heavy atom. The molecule has 5 rings (SSSR count). The van der Waals surface area contributed by atoms with Crippen LogP contribution in [-0.2, 0) is 20.9 Å². The lowest BCUT2D eigenvalue weighted by atomic mass is 9.95. The molecule has 1 aliphatic carbocycles. The van der Waals surface area contributed by atoms with E-state index < -0.39 is 11.2 Å². The molecule has 2 aromatic carbocycles. The molecular formula is C36H49BrN4O6. The topological polar surface area (TPSA) is 91.9 Å². The van der Waals surface area contributed by atoms with E-state index in [4.69, 9.17) is 14.2 Å². The number of methoxy groups -OCH3 is 1. The van der Waals surface area contributed by atoms with E-state index in [1.54, 1.807) is 30.8 Å². The summed E-state index contributed by atoms with van der Waals surface area (Å²) < 4.78 is 18.2. The Labute approximate surface area is 287 Å². The zero-order chi connectivity index (χ0) is 33.9. The first kappa shape index (κ1) is 34.9. The number of halogens is 1. The number of benzene rings is 2. The first-order valence-corrected chi connectivity index (χ1v) is 17.5. The Morgan fingerprint density at radius 2 is 1.62 bits per heavy atom. The van der Waals surface area contributed by atoms with Gasteiger partial charge in [0.15, 0.2) is 5.60 Å². The monoisotopic (exact) mass is 712 g/mol. The summed E-state index contributed by atoms with van der Waals surface area (Å²) in [6.07, 6.45) is 3.52. The lowest BCUT2D eigenvalue weighted by molar-refractivity contribution is -0.147. The largest absolute Gasteiger partial charge is 0.496 e. The van der Waals surface area contributed by atoms with E-state index in [1.165, 1.54) is 0 Å². The number of rotatable bonds is 9. The summed E-state index contributed by atoms with van der Waals surface area (Å²) in [5.74, 6) is 1.36. The molecule has 3 fully saturated rings. The number of hydrogen-bond acceptors (Lipinski definition) is 7. The summed E-state index contributed by atoms with van der Waals surface area (Å²) in [4.78, 5) is 47.7. The van der Waals surface area contributed by atoms with Crippen LogP contribution in [0.4, 0.5) is 10.5 Å². The van der Waals surface area contributed by atoms with Gasteiger partial charge in [-0.15, -0.1) is 0 Å². The molecule has 2 heterocycles. The Hall–Kier alpha value is -3.47. The smallest absolute Gasteiger partial charge is 0.410 e. The van der Waals surface area contributed by atoms with Gasteiger partial charge in [0, 0.05) is 63.6 Å². The number of hydrogen-bond donors (Lipinski definition) is 0. The number of anilines is 1. The van der Waals surface area contributed by atoms with Gasteiger partial charge < -0.3 is 33.8 Å². The molecule has 1 saturated carbocycles. The predicted octanol–water partition coefficient (Wildman–Crippen LogP) is 6.10. The Balaban J connectivity index is 1.19. The maximum Gasteiger partial charge on any atom is 0.410 e. The number of carbonyl (C=O) groups is 3. The van der Waals surface area contributed by atoms with Gasteiger partial charge in [-0.1, -0.05) is 12.1 Å². The summed E-state index contributed by atoms with van der Waals surface area (Å²) in [6, 6.07) is 14.1. The lowest BCUT2D eigenvalue weighted by Crippen LogP contribution is -2.57. The third kappa shape index (κ3) is 8.91. The van der Waals surface area contributed by atoms with Crippen molar-refractivity contribution < 1.29 is 28.6 Å². The number of amides is 3. The number of piperazine rings is 1. The van der Waals surface area contributed by atoms with Crippen molar-refractivity contribution in [2.24, 2.45) is 5.92 Å². The number of carbonyl (C=O) groups excluding carboxylic acids is 3. The van der Waals surface area contributed by atoms with Crippen LogP contribution in [0.1, 0.15) is 65.9 Å². The number of ether oxygens (including phenoxy) is 3. The van der Waals surface area contributed by atoms with Gasteiger partial charge >= 0.3 is 6.09 Å². The highest BCUT2D eigenvalue weighted by molar-refractivity contribution is 9.10. The van der Waals surface area contributed by atoms with E-state index in [2.05, 4.69) is 25.7 Å². The van der Waals surface area contributed by atoms with Crippen molar-refractivity contribution in [3.63, 3.8) is 0 Å². The maximum atomic E-state index is 13.9. The summed E-state index contributed by atoms with van der Waals surface area (Å²) >= 11 is 3.52. The molecule has 0 unspecified atom stereocenters. The van der Waals surface area contributed by atoms with Gasteiger partial charge in [-0.3, -0.25) is 9.59 Å². The highest BCUT2D eigenvalue weighted by Crippen LogP contribution is 2.35. The minimum absolute atomic E-state index is 0.0939. The van der Waals surface area contributed by atoms with Crippen molar-refractivity contribution in [1.29, 1.82) is 0 Å². The van der Waals surface area contributed by atoms with Gasteiger partial charge in [0.25, 0.3) is 5.91 Å². The van der Waals surface area contributed by atoms with E-state index >= 15 is 0 Å². The van der Waals surface area contributed by atoms with Gasteiger partial charge in [0.2, 0.25) is 5.91 Å². The molecule has 0 bridgehead atoms. The van der Waals surface area contributed by atoms with Crippen LogP contribution >= 0.6 is 15.9 Å².